The van der Waals surface area contributed by atoms with E-state index in [-0.39, 0.29) is 5.60 Å². The van der Waals surface area contributed by atoms with Crippen molar-refractivity contribution < 1.29 is 4.74 Å². The van der Waals surface area contributed by atoms with Crippen LogP contribution in [0.25, 0.3) is 0 Å². The van der Waals surface area contributed by atoms with Crippen molar-refractivity contribution in [3.05, 3.63) is 33.8 Å². The first-order valence-electron chi connectivity index (χ1n) is 7.29. The lowest BCUT2D eigenvalue weighted by Crippen LogP contribution is -2.44. The maximum absolute atomic E-state index is 5.85. The lowest BCUT2D eigenvalue weighted by Gasteiger charge is -2.30. The summed E-state index contributed by atoms with van der Waals surface area (Å²) in [5.41, 5.74) is 3.08. The average Bonchev–Trinajstić information content (AvgIpc) is 2.84. The maximum atomic E-state index is 5.85. The molecule has 0 spiro atoms. The van der Waals surface area contributed by atoms with Crippen LogP contribution in [-0.4, -0.2) is 24.8 Å². The molecule has 0 amide bonds. The molecule has 0 radical (unpaired) electrons. The van der Waals surface area contributed by atoms with Gasteiger partial charge in [0.1, 0.15) is 0 Å². The second kappa shape index (κ2) is 5.55. The van der Waals surface area contributed by atoms with Crippen molar-refractivity contribution in [3.8, 4) is 0 Å². The number of nitrogens with one attached hydrogen (secondary N) is 1. The molecule has 2 nitrogen and oxygen atoms in total. The van der Waals surface area contributed by atoms with Crippen LogP contribution in [0.4, 0.5) is 0 Å². The van der Waals surface area contributed by atoms with E-state index >= 15 is 0 Å². The first kappa shape index (κ1) is 13.6. The predicted molar refractivity (Wildman–Crippen MR) is 81.5 cm³/mol. The van der Waals surface area contributed by atoms with Gasteiger partial charge in [0.25, 0.3) is 0 Å². The molecule has 0 saturated carbocycles. The van der Waals surface area contributed by atoms with E-state index in [4.69, 9.17) is 4.74 Å². The van der Waals surface area contributed by atoms with Crippen molar-refractivity contribution in [2.75, 3.05) is 13.2 Å². The van der Waals surface area contributed by atoms with Gasteiger partial charge in [0, 0.05) is 23.7 Å². The summed E-state index contributed by atoms with van der Waals surface area (Å²) >= 11 is 3.56. The van der Waals surface area contributed by atoms with Crippen LogP contribution in [0.3, 0.4) is 0 Å². The minimum Gasteiger partial charge on any atom is -0.374 e. The van der Waals surface area contributed by atoms with Gasteiger partial charge >= 0.3 is 0 Å². The molecular weight excluding hydrogens is 302 g/mol. The van der Waals surface area contributed by atoms with Crippen molar-refractivity contribution >= 4 is 15.9 Å². The predicted octanol–water partition coefficient (Wildman–Crippen LogP) is 3.47. The van der Waals surface area contributed by atoms with Gasteiger partial charge in [0.05, 0.1) is 5.60 Å². The monoisotopic (exact) mass is 323 g/mol. The zero-order chi connectivity index (χ0) is 13.3. The molecule has 2 atom stereocenters. The second-order valence-electron chi connectivity index (χ2n) is 6.14. The Kier molecular flexibility index (Phi) is 3.97. The summed E-state index contributed by atoms with van der Waals surface area (Å²) in [6.45, 7) is 4.16. The SMILES string of the molecule is CC1(CNC2CCc3cc(Br)ccc3C2)CCCO1. The van der Waals surface area contributed by atoms with E-state index in [1.165, 1.54) is 41.3 Å². The summed E-state index contributed by atoms with van der Waals surface area (Å²) in [7, 11) is 0. The molecule has 1 saturated heterocycles. The number of hydrogen-bond donors (Lipinski definition) is 1. The van der Waals surface area contributed by atoms with Gasteiger partial charge in [-0.25, -0.2) is 0 Å². The number of halogens is 1. The average molecular weight is 324 g/mol. The number of fused-ring (bicyclic) bond motifs is 1. The molecule has 19 heavy (non-hydrogen) atoms. The Labute approximate surface area is 124 Å². The molecule has 1 fully saturated rings. The minimum absolute atomic E-state index is 0.0694. The third kappa shape index (κ3) is 3.21. The highest BCUT2D eigenvalue weighted by Crippen LogP contribution is 2.27. The molecule has 104 valence electrons. The van der Waals surface area contributed by atoms with Gasteiger partial charge in [-0.3, -0.25) is 0 Å². The van der Waals surface area contributed by atoms with Crippen molar-refractivity contribution in [1.82, 2.24) is 5.32 Å². The quantitative estimate of drug-likeness (QED) is 0.919. The van der Waals surface area contributed by atoms with Crippen molar-refractivity contribution in [2.45, 2.75) is 50.7 Å². The standard InChI is InChI=1S/C16H22BrNO/c1-16(7-2-8-19-16)11-18-15-6-4-12-9-14(17)5-3-13(12)10-15/h3,5,9,15,18H,2,4,6-8,10-11H2,1H3. The largest absolute Gasteiger partial charge is 0.374 e. The Morgan fingerprint density at radius 2 is 2.32 bits per heavy atom. The fourth-order valence-corrected chi connectivity index (χ4v) is 3.64. The number of rotatable bonds is 3. The van der Waals surface area contributed by atoms with E-state index in [9.17, 15) is 0 Å². The normalized spacial score (nSPS) is 30.3. The second-order valence-corrected chi connectivity index (χ2v) is 7.05. The Morgan fingerprint density at radius 1 is 1.42 bits per heavy atom. The van der Waals surface area contributed by atoms with Crippen LogP contribution in [0.2, 0.25) is 0 Å². The summed E-state index contributed by atoms with van der Waals surface area (Å²) in [4.78, 5) is 0. The van der Waals surface area contributed by atoms with Crippen molar-refractivity contribution in [1.29, 1.82) is 0 Å². The molecule has 0 aromatic heterocycles. The number of benzene rings is 1. The van der Waals surface area contributed by atoms with E-state index in [1.807, 2.05) is 0 Å². The summed E-state index contributed by atoms with van der Waals surface area (Å²) in [5, 5.41) is 3.72. The molecule has 2 aliphatic rings. The van der Waals surface area contributed by atoms with E-state index in [1.54, 1.807) is 0 Å². The smallest absolute Gasteiger partial charge is 0.0779 e. The third-order valence-corrected chi connectivity index (χ3v) is 4.96. The fraction of sp³-hybridized carbons (Fsp3) is 0.625. The van der Waals surface area contributed by atoms with Gasteiger partial charge in [0.15, 0.2) is 0 Å². The van der Waals surface area contributed by atoms with Crippen LogP contribution < -0.4 is 5.32 Å². The molecule has 1 aromatic rings. The Bertz CT molecular complexity index is 454. The molecule has 1 aliphatic heterocycles. The molecule has 1 N–H and O–H groups in total. The number of ether oxygens (including phenoxy) is 1. The summed E-state index contributed by atoms with van der Waals surface area (Å²) in [6.07, 6.45) is 5.97. The van der Waals surface area contributed by atoms with Gasteiger partial charge in [-0.2, -0.15) is 0 Å². The first-order chi connectivity index (χ1) is 9.15. The minimum atomic E-state index is 0.0694. The summed E-state index contributed by atoms with van der Waals surface area (Å²) in [5.74, 6) is 0. The highest BCUT2D eigenvalue weighted by Gasteiger charge is 2.30. The Balaban J connectivity index is 1.58. The van der Waals surface area contributed by atoms with Crippen LogP contribution in [0.15, 0.2) is 22.7 Å². The summed E-state index contributed by atoms with van der Waals surface area (Å²) < 4.78 is 7.05. The lowest BCUT2D eigenvalue weighted by molar-refractivity contribution is 0.0184. The summed E-state index contributed by atoms with van der Waals surface area (Å²) in [6, 6.07) is 7.30. The molecule has 3 rings (SSSR count). The Hall–Kier alpha value is -0.380. The van der Waals surface area contributed by atoms with Crippen molar-refractivity contribution in [2.24, 2.45) is 0 Å². The number of hydrogen-bond acceptors (Lipinski definition) is 2. The van der Waals surface area contributed by atoms with Crippen molar-refractivity contribution in [3.63, 3.8) is 0 Å². The van der Waals surface area contributed by atoms with E-state index < -0.39 is 0 Å². The van der Waals surface area contributed by atoms with Gasteiger partial charge < -0.3 is 10.1 Å². The van der Waals surface area contributed by atoms with Gasteiger partial charge in [-0.1, -0.05) is 22.0 Å². The van der Waals surface area contributed by atoms with Crippen LogP contribution in [-0.2, 0) is 17.6 Å². The van der Waals surface area contributed by atoms with E-state index in [2.05, 4.69) is 46.4 Å². The molecule has 3 heteroatoms. The highest BCUT2D eigenvalue weighted by atomic mass is 79.9. The molecule has 1 aliphatic carbocycles. The Morgan fingerprint density at radius 3 is 3.11 bits per heavy atom. The zero-order valence-electron chi connectivity index (χ0n) is 11.5. The lowest BCUT2D eigenvalue weighted by atomic mass is 9.88. The van der Waals surface area contributed by atoms with Crippen LogP contribution in [0.1, 0.15) is 37.3 Å². The molecule has 0 bridgehead atoms. The highest BCUT2D eigenvalue weighted by molar-refractivity contribution is 9.10. The maximum Gasteiger partial charge on any atom is 0.0779 e. The van der Waals surface area contributed by atoms with Gasteiger partial charge in [0.2, 0.25) is 0 Å². The fourth-order valence-electron chi connectivity index (χ4n) is 3.23. The topological polar surface area (TPSA) is 21.3 Å². The van der Waals surface area contributed by atoms with E-state index in [0.717, 1.165) is 19.6 Å². The molecule has 1 aromatic carbocycles. The zero-order valence-corrected chi connectivity index (χ0v) is 13.1. The number of aryl methyl sites for hydroxylation is 1. The van der Waals surface area contributed by atoms with Crippen LogP contribution >= 0.6 is 15.9 Å². The van der Waals surface area contributed by atoms with Crippen LogP contribution in [0, 0.1) is 0 Å². The molecular formula is C16H22BrNO. The third-order valence-electron chi connectivity index (χ3n) is 4.46. The first-order valence-corrected chi connectivity index (χ1v) is 8.09. The van der Waals surface area contributed by atoms with E-state index in [0.29, 0.717) is 6.04 Å². The van der Waals surface area contributed by atoms with Crippen LogP contribution in [0.5, 0.6) is 0 Å². The van der Waals surface area contributed by atoms with Gasteiger partial charge in [-0.05, 0) is 62.3 Å². The van der Waals surface area contributed by atoms with Gasteiger partial charge in [-0.15, -0.1) is 0 Å². The molecule has 2 unspecified atom stereocenters. The molecule has 1 heterocycles.